The van der Waals surface area contributed by atoms with Crippen LogP contribution in [0.2, 0.25) is 5.28 Å². The predicted octanol–water partition coefficient (Wildman–Crippen LogP) is 2.60. The van der Waals surface area contributed by atoms with Gasteiger partial charge in [-0.05, 0) is 48.5 Å². The number of halogens is 1. The first-order valence-electron chi connectivity index (χ1n) is 7.84. The van der Waals surface area contributed by atoms with Crippen LogP contribution in [-0.2, 0) is 10.2 Å². The smallest absolute Gasteiger partial charge is 0.316 e. The highest BCUT2D eigenvalue weighted by Gasteiger charge is 2.26. The summed E-state index contributed by atoms with van der Waals surface area (Å²) < 4.78 is 28.3. The molecule has 6 nitrogen and oxygen atoms in total. The van der Waals surface area contributed by atoms with E-state index >= 15 is 0 Å². The van der Waals surface area contributed by atoms with E-state index in [1.807, 2.05) is 24.3 Å². The van der Waals surface area contributed by atoms with Gasteiger partial charge < -0.3 is 5.32 Å². The van der Waals surface area contributed by atoms with Gasteiger partial charge in [-0.25, -0.2) is 8.96 Å². The normalized spacial score (nSPS) is 19.0. The number of benzene rings is 1. The number of hydrogen-bond donors (Lipinski definition) is 1. The summed E-state index contributed by atoms with van der Waals surface area (Å²) in [6.07, 6.45) is 6.59. The van der Waals surface area contributed by atoms with Gasteiger partial charge in [0.15, 0.2) is 0 Å². The zero-order valence-corrected chi connectivity index (χ0v) is 14.5. The topological polar surface area (TPSA) is 68.9 Å². The number of fused-ring (bicyclic) bond motifs is 1. The number of nitrogens with one attached hydrogen (secondary N) is 1. The molecule has 3 aromatic rings. The van der Waals surface area contributed by atoms with Crippen LogP contribution < -0.4 is 5.32 Å². The second kappa shape index (κ2) is 5.91. The zero-order valence-electron chi connectivity index (χ0n) is 12.9. The van der Waals surface area contributed by atoms with Crippen LogP contribution in [0.25, 0.3) is 10.9 Å². The van der Waals surface area contributed by atoms with Crippen molar-refractivity contribution in [3.8, 4) is 0 Å². The van der Waals surface area contributed by atoms with Crippen LogP contribution >= 0.6 is 11.6 Å². The average molecular weight is 365 g/mol. The molecule has 4 rings (SSSR count). The molecule has 0 amide bonds. The molecule has 24 heavy (non-hydrogen) atoms. The average Bonchev–Trinajstić information content (AvgIpc) is 3.20. The van der Waals surface area contributed by atoms with Crippen molar-refractivity contribution in [1.29, 1.82) is 0 Å². The van der Waals surface area contributed by atoms with Gasteiger partial charge in [-0.1, -0.05) is 18.2 Å². The molecule has 0 bridgehead atoms. The Morgan fingerprint density at radius 2 is 2.08 bits per heavy atom. The number of piperidine rings is 1. The lowest BCUT2D eigenvalue weighted by Crippen LogP contribution is -2.28. The molecule has 0 radical (unpaired) electrons. The van der Waals surface area contributed by atoms with E-state index in [1.54, 1.807) is 6.20 Å². The molecule has 1 atom stereocenters. The van der Waals surface area contributed by atoms with E-state index in [4.69, 9.17) is 11.6 Å². The van der Waals surface area contributed by atoms with E-state index in [1.165, 1.54) is 16.4 Å². The van der Waals surface area contributed by atoms with E-state index < -0.39 is 10.2 Å². The van der Waals surface area contributed by atoms with Gasteiger partial charge in [0.1, 0.15) is 0 Å². The van der Waals surface area contributed by atoms with Gasteiger partial charge >= 0.3 is 10.2 Å². The van der Waals surface area contributed by atoms with E-state index in [0.29, 0.717) is 11.4 Å². The second-order valence-electron chi connectivity index (χ2n) is 5.94. The fraction of sp³-hybridized carbons (Fsp3) is 0.312. The first-order valence-corrected chi connectivity index (χ1v) is 9.62. The fourth-order valence-corrected chi connectivity index (χ4v) is 5.01. The molecule has 126 valence electrons. The highest BCUT2D eigenvalue weighted by atomic mass is 35.5. The number of para-hydroxylation sites is 1. The summed E-state index contributed by atoms with van der Waals surface area (Å²) in [5.74, 6) is 0.304. The van der Waals surface area contributed by atoms with E-state index in [0.717, 1.165) is 40.9 Å². The maximum absolute atomic E-state index is 13.0. The maximum Gasteiger partial charge on any atom is 0.336 e. The summed E-state index contributed by atoms with van der Waals surface area (Å²) in [4.78, 5) is 3.81. The molecule has 0 spiro atoms. The van der Waals surface area contributed by atoms with Crippen molar-refractivity contribution in [2.24, 2.45) is 0 Å². The van der Waals surface area contributed by atoms with Crippen LogP contribution in [0, 0.1) is 0 Å². The molecule has 1 aromatic carbocycles. The molecule has 0 aliphatic carbocycles. The molecular weight excluding hydrogens is 348 g/mol. The van der Waals surface area contributed by atoms with Gasteiger partial charge in [-0.15, -0.1) is 0 Å². The lowest BCUT2D eigenvalue weighted by atomic mass is 9.91. The molecule has 8 heteroatoms. The number of nitrogens with zero attached hydrogens (tertiary/aromatic N) is 3. The summed E-state index contributed by atoms with van der Waals surface area (Å²) in [5, 5.41) is 4.28. The lowest BCUT2D eigenvalue weighted by Gasteiger charge is -2.22. The highest BCUT2D eigenvalue weighted by molar-refractivity contribution is 7.88. The molecule has 1 fully saturated rings. The number of rotatable bonds is 3. The van der Waals surface area contributed by atoms with Crippen molar-refractivity contribution in [2.75, 3.05) is 13.1 Å². The second-order valence-corrected chi connectivity index (χ2v) is 7.96. The van der Waals surface area contributed by atoms with Crippen LogP contribution in [0.1, 0.15) is 24.3 Å². The Morgan fingerprint density at radius 3 is 2.79 bits per heavy atom. The first kappa shape index (κ1) is 15.7. The summed E-state index contributed by atoms with van der Waals surface area (Å²) in [5.41, 5.74) is 1.71. The molecule has 0 saturated carbocycles. The Hall–Kier alpha value is -1.83. The molecule has 1 unspecified atom stereocenters. The molecular formula is C16H17ClN4O2S. The molecule has 1 aliphatic heterocycles. The van der Waals surface area contributed by atoms with Crippen LogP contribution in [-0.4, -0.2) is 34.4 Å². The maximum atomic E-state index is 13.0. The third-order valence-electron chi connectivity index (χ3n) is 4.51. The van der Waals surface area contributed by atoms with Gasteiger partial charge in [0.25, 0.3) is 0 Å². The summed E-state index contributed by atoms with van der Waals surface area (Å²) in [6.45, 7) is 1.87. The Kier molecular flexibility index (Phi) is 3.86. The number of imidazole rings is 1. The van der Waals surface area contributed by atoms with Crippen LogP contribution in [0.3, 0.4) is 0 Å². The van der Waals surface area contributed by atoms with Crippen molar-refractivity contribution in [3.63, 3.8) is 0 Å². The Bertz CT molecular complexity index is 987. The van der Waals surface area contributed by atoms with E-state index in [9.17, 15) is 8.42 Å². The van der Waals surface area contributed by atoms with Crippen LogP contribution in [0.4, 0.5) is 0 Å². The van der Waals surface area contributed by atoms with Crippen molar-refractivity contribution in [2.45, 2.75) is 18.8 Å². The quantitative estimate of drug-likeness (QED) is 0.775. The summed E-state index contributed by atoms with van der Waals surface area (Å²) in [7, 11) is -3.85. The fourth-order valence-electron chi connectivity index (χ4n) is 3.35. The number of hydrogen-bond acceptors (Lipinski definition) is 4. The minimum absolute atomic E-state index is 0.0753. The SMILES string of the molecule is O=S(=O)(n1ccnc1Cl)n1cc(C2CCCNC2)c2ccccc21. The van der Waals surface area contributed by atoms with Gasteiger partial charge in [-0.3, -0.25) is 0 Å². The van der Waals surface area contributed by atoms with E-state index in [-0.39, 0.29) is 5.28 Å². The van der Waals surface area contributed by atoms with Gasteiger partial charge in [0.2, 0.25) is 5.28 Å². The Morgan fingerprint density at radius 1 is 1.25 bits per heavy atom. The molecule has 3 heterocycles. The third kappa shape index (κ3) is 2.44. The summed E-state index contributed by atoms with van der Waals surface area (Å²) >= 11 is 5.93. The Labute approximate surface area is 145 Å². The van der Waals surface area contributed by atoms with Crippen LogP contribution in [0.5, 0.6) is 0 Å². The summed E-state index contributed by atoms with van der Waals surface area (Å²) in [6, 6.07) is 7.56. The van der Waals surface area contributed by atoms with Crippen molar-refractivity contribution < 1.29 is 8.42 Å². The van der Waals surface area contributed by atoms with Gasteiger partial charge in [0.05, 0.1) is 5.52 Å². The first-order chi connectivity index (χ1) is 11.6. The molecule has 2 aromatic heterocycles. The predicted molar refractivity (Wildman–Crippen MR) is 93.7 cm³/mol. The zero-order chi connectivity index (χ0) is 16.7. The van der Waals surface area contributed by atoms with Gasteiger partial charge in [0, 0.05) is 30.5 Å². The highest BCUT2D eigenvalue weighted by Crippen LogP contribution is 2.33. The van der Waals surface area contributed by atoms with Crippen molar-refractivity contribution in [3.05, 3.63) is 53.7 Å². The number of aromatic nitrogens is 3. The standard InChI is InChI=1S/C16H17ClN4O2S/c17-16-19-8-9-20(16)24(22,23)21-11-14(12-4-3-7-18-10-12)13-5-1-2-6-15(13)21/h1-2,5-6,8-9,11-12,18H,3-4,7,10H2. The molecule has 1 aliphatic rings. The monoisotopic (exact) mass is 364 g/mol. The third-order valence-corrected chi connectivity index (χ3v) is 6.48. The minimum atomic E-state index is -3.85. The molecule has 1 N–H and O–H groups in total. The largest absolute Gasteiger partial charge is 0.336 e. The lowest BCUT2D eigenvalue weighted by molar-refractivity contribution is 0.463. The van der Waals surface area contributed by atoms with Gasteiger partial charge in [-0.2, -0.15) is 12.4 Å². The van der Waals surface area contributed by atoms with Crippen molar-refractivity contribution in [1.82, 2.24) is 18.2 Å². The van der Waals surface area contributed by atoms with Crippen molar-refractivity contribution >= 4 is 32.7 Å². The Balaban J connectivity index is 1.92. The minimum Gasteiger partial charge on any atom is -0.316 e. The van der Waals surface area contributed by atoms with E-state index in [2.05, 4.69) is 10.3 Å². The van der Waals surface area contributed by atoms with Crippen LogP contribution in [0.15, 0.2) is 42.9 Å². The molecule has 1 saturated heterocycles.